The van der Waals surface area contributed by atoms with Crippen LogP contribution in [0.1, 0.15) is 36.8 Å². The van der Waals surface area contributed by atoms with E-state index in [9.17, 15) is 0 Å². The van der Waals surface area contributed by atoms with Gasteiger partial charge in [-0.3, -0.25) is 0 Å². The van der Waals surface area contributed by atoms with Gasteiger partial charge in [0, 0.05) is 16.8 Å². The van der Waals surface area contributed by atoms with Crippen LogP contribution in [-0.2, 0) is 12.8 Å². The van der Waals surface area contributed by atoms with E-state index in [2.05, 4.69) is 61.5 Å². The van der Waals surface area contributed by atoms with Gasteiger partial charge in [0.2, 0.25) is 0 Å². The third-order valence-corrected chi connectivity index (χ3v) is 5.85. The van der Waals surface area contributed by atoms with Crippen molar-refractivity contribution in [2.24, 2.45) is 0 Å². The predicted octanol–water partition coefficient (Wildman–Crippen LogP) is 6.94. The number of aryl methyl sites for hydroxylation is 2. The van der Waals surface area contributed by atoms with Crippen molar-refractivity contribution in [2.45, 2.75) is 48.3 Å². The Hall–Kier alpha value is -1.93. The quantitative estimate of drug-likeness (QED) is 0.375. The number of unbranched alkanes of at least 4 members (excludes halogenated alkanes) is 2. The summed E-state index contributed by atoms with van der Waals surface area (Å²) in [5, 5.41) is 0. The Morgan fingerprint density at radius 3 is 2.16 bits per heavy atom. The minimum atomic E-state index is 1.08. The van der Waals surface area contributed by atoms with Gasteiger partial charge >= 0.3 is 0 Å². The minimum absolute atomic E-state index is 1.08. The molecule has 2 aromatic rings. The number of nitrogens with zero attached hydrogens (tertiary/aromatic N) is 1. The highest BCUT2D eigenvalue weighted by Crippen LogP contribution is 2.48. The van der Waals surface area contributed by atoms with Crippen molar-refractivity contribution in [3.05, 3.63) is 72.8 Å². The highest BCUT2D eigenvalue weighted by molar-refractivity contribution is 7.99. The van der Waals surface area contributed by atoms with E-state index >= 15 is 0 Å². The van der Waals surface area contributed by atoms with Crippen LogP contribution in [-0.4, -0.2) is 7.05 Å². The highest BCUT2D eigenvalue weighted by Gasteiger charge is 2.21. The van der Waals surface area contributed by atoms with E-state index < -0.39 is 0 Å². The maximum absolute atomic E-state index is 3.81. The van der Waals surface area contributed by atoms with Crippen molar-refractivity contribution in [2.75, 3.05) is 11.9 Å². The van der Waals surface area contributed by atoms with Crippen LogP contribution >= 0.6 is 11.8 Å². The molecule has 0 aliphatic carbocycles. The van der Waals surface area contributed by atoms with Gasteiger partial charge in [0.1, 0.15) is 0 Å². The standard InChI is InChI=1S/C23H27NS/c1-4-6-8-10-18-13-15-22-21(16-18)24(3)20-14-12-19(11-9-7-5-2)17-23(20)25-22/h4-5,12-17H,1-2,6-11H2,3H3. The summed E-state index contributed by atoms with van der Waals surface area (Å²) in [6.07, 6.45) is 10.8. The summed E-state index contributed by atoms with van der Waals surface area (Å²) in [5.41, 5.74) is 5.48. The second-order valence-corrected chi connectivity index (χ2v) is 7.71. The molecule has 0 bridgehead atoms. The molecule has 0 atom stereocenters. The molecule has 1 aliphatic heterocycles. The molecule has 0 spiro atoms. The van der Waals surface area contributed by atoms with E-state index in [-0.39, 0.29) is 0 Å². The molecule has 0 saturated heterocycles. The summed E-state index contributed by atoms with van der Waals surface area (Å²) in [6.45, 7) is 7.63. The van der Waals surface area contributed by atoms with Crippen LogP contribution in [0, 0.1) is 0 Å². The Morgan fingerprint density at radius 1 is 0.840 bits per heavy atom. The fourth-order valence-electron chi connectivity index (χ4n) is 3.29. The second-order valence-electron chi connectivity index (χ2n) is 6.63. The molecule has 2 aromatic carbocycles. The lowest BCUT2D eigenvalue weighted by molar-refractivity contribution is 0.840. The zero-order valence-corrected chi connectivity index (χ0v) is 15.9. The number of rotatable bonds is 8. The molecule has 1 heterocycles. The largest absolute Gasteiger partial charge is 0.343 e. The van der Waals surface area contributed by atoms with Crippen molar-refractivity contribution >= 4 is 23.1 Å². The first-order valence-corrected chi connectivity index (χ1v) is 9.94. The topological polar surface area (TPSA) is 3.24 Å². The van der Waals surface area contributed by atoms with Crippen LogP contribution in [0.15, 0.2) is 71.5 Å². The summed E-state index contributed by atoms with van der Waals surface area (Å²) in [6, 6.07) is 13.8. The van der Waals surface area contributed by atoms with Gasteiger partial charge in [-0.1, -0.05) is 36.0 Å². The summed E-state index contributed by atoms with van der Waals surface area (Å²) in [7, 11) is 2.18. The van der Waals surface area contributed by atoms with E-state index in [0.717, 1.165) is 25.7 Å². The van der Waals surface area contributed by atoms with E-state index in [1.54, 1.807) is 0 Å². The molecule has 0 fully saturated rings. The molecule has 3 rings (SSSR count). The van der Waals surface area contributed by atoms with Crippen molar-refractivity contribution in [1.82, 2.24) is 0 Å². The summed E-state index contributed by atoms with van der Waals surface area (Å²) in [4.78, 5) is 5.06. The van der Waals surface area contributed by atoms with Crippen molar-refractivity contribution in [3.63, 3.8) is 0 Å². The van der Waals surface area contributed by atoms with Gasteiger partial charge in [0.05, 0.1) is 11.4 Å². The van der Waals surface area contributed by atoms with E-state index in [0.29, 0.717) is 0 Å². The van der Waals surface area contributed by atoms with Crippen LogP contribution in [0.4, 0.5) is 11.4 Å². The molecule has 0 radical (unpaired) electrons. The smallest absolute Gasteiger partial charge is 0.0552 e. The van der Waals surface area contributed by atoms with Crippen molar-refractivity contribution in [3.8, 4) is 0 Å². The average Bonchev–Trinajstić information content (AvgIpc) is 2.63. The zero-order chi connectivity index (χ0) is 17.6. The molecule has 0 N–H and O–H groups in total. The van der Waals surface area contributed by atoms with Crippen LogP contribution in [0.5, 0.6) is 0 Å². The zero-order valence-electron chi connectivity index (χ0n) is 15.1. The fraction of sp³-hybridized carbons (Fsp3) is 0.304. The van der Waals surface area contributed by atoms with Gasteiger partial charge < -0.3 is 4.90 Å². The molecular formula is C23H27NS. The average molecular weight is 350 g/mol. The molecule has 1 aliphatic rings. The first-order chi connectivity index (χ1) is 12.2. The monoisotopic (exact) mass is 349 g/mol. The summed E-state index contributed by atoms with van der Waals surface area (Å²) in [5.74, 6) is 0. The van der Waals surface area contributed by atoms with E-state index in [1.165, 1.54) is 45.1 Å². The number of hydrogen-bond donors (Lipinski definition) is 0. The van der Waals surface area contributed by atoms with Crippen LogP contribution in [0.25, 0.3) is 0 Å². The molecule has 0 unspecified atom stereocenters. The van der Waals surface area contributed by atoms with Gasteiger partial charge in [-0.2, -0.15) is 0 Å². The second kappa shape index (κ2) is 8.44. The van der Waals surface area contributed by atoms with Crippen molar-refractivity contribution in [1.29, 1.82) is 0 Å². The van der Waals surface area contributed by atoms with E-state index in [4.69, 9.17) is 0 Å². The number of benzene rings is 2. The van der Waals surface area contributed by atoms with Gasteiger partial charge in [0.15, 0.2) is 0 Å². The molecule has 25 heavy (non-hydrogen) atoms. The highest BCUT2D eigenvalue weighted by atomic mass is 32.2. The molecule has 1 nitrogen and oxygen atoms in total. The Balaban J connectivity index is 1.79. The number of fused-ring (bicyclic) bond motifs is 2. The van der Waals surface area contributed by atoms with Crippen LogP contribution in [0.3, 0.4) is 0 Å². The predicted molar refractivity (Wildman–Crippen MR) is 111 cm³/mol. The SMILES string of the molecule is C=CCCCc1ccc2c(c1)Sc1ccc(CCCC=C)cc1N2C. The minimum Gasteiger partial charge on any atom is -0.343 e. The lowest BCUT2D eigenvalue weighted by atomic mass is 10.1. The summed E-state index contributed by atoms with van der Waals surface area (Å²) < 4.78 is 0. The lowest BCUT2D eigenvalue weighted by Gasteiger charge is -2.30. The van der Waals surface area contributed by atoms with E-state index in [1.807, 2.05) is 23.9 Å². The Morgan fingerprint density at radius 2 is 1.48 bits per heavy atom. The Bertz CT molecular complexity index is 763. The van der Waals surface area contributed by atoms with Crippen molar-refractivity contribution < 1.29 is 0 Å². The van der Waals surface area contributed by atoms with Gasteiger partial charge in [-0.15, -0.1) is 13.2 Å². The maximum atomic E-state index is 3.81. The van der Waals surface area contributed by atoms with Gasteiger partial charge in [-0.05, 0) is 73.9 Å². The van der Waals surface area contributed by atoms with Gasteiger partial charge in [0.25, 0.3) is 0 Å². The fourth-order valence-corrected chi connectivity index (χ4v) is 4.48. The first-order valence-electron chi connectivity index (χ1n) is 9.12. The molecule has 0 amide bonds. The number of allylic oxidation sites excluding steroid dienone is 2. The first kappa shape index (κ1) is 17.9. The van der Waals surface area contributed by atoms with Crippen LogP contribution < -0.4 is 4.90 Å². The molecule has 2 heteroatoms. The maximum Gasteiger partial charge on any atom is 0.0552 e. The molecule has 0 saturated carbocycles. The Kier molecular flexibility index (Phi) is 6.04. The third kappa shape index (κ3) is 4.19. The summed E-state index contributed by atoms with van der Waals surface area (Å²) >= 11 is 1.90. The van der Waals surface area contributed by atoms with Crippen LogP contribution in [0.2, 0.25) is 0 Å². The molecule has 130 valence electrons. The molecular weight excluding hydrogens is 322 g/mol. The lowest BCUT2D eigenvalue weighted by Crippen LogP contribution is -2.15. The number of hydrogen-bond acceptors (Lipinski definition) is 2. The molecule has 0 aromatic heterocycles. The Labute approximate surface area is 156 Å². The number of anilines is 2. The third-order valence-electron chi connectivity index (χ3n) is 4.74. The normalized spacial score (nSPS) is 12.4. The van der Waals surface area contributed by atoms with Gasteiger partial charge in [-0.25, -0.2) is 0 Å².